The van der Waals surface area contributed by atoms with Gasteiger partial charge in [-0.2, -0.15) is 0 Å². The van der Waals surface area contributed by atoms with Crippen molar-refractivity contribution in [1.82, 2.24) is 0 Å². The van der Waals surface area contributed by atoms with Crippen molar-refractivity contribution in [3.05, 3.63) is 35.9 Å². The van der Waals surface area contributed by atoms with Gasteiger partial charge in [0.1, 0.15) is 0 Å². The van der Waals surface area contributed by atoms with E-state index in [2.05, 4.69) is 30.7 Å². The lowest BCUT2D eigenvalue weighted by molar-refractivity contribution is -0.142. The summed E-state index contributed by atoms with van der Waals surface area (Å²) in [5.74, 6) is -0.143. The Kier molecular flexibility index (Phi) is 3.89. The third-order valence-electron chi connectivity index (χ3n) is 2.38. The summed E-state index contributed by atoms with van der Waals surface area (Å²) in [6.45, 7) is 4.16. The molecule has 1 rings (SSSR count). The summed E-state index contributed by atoms with van der Waals surface area (Å²) in [6, 6.07) is 10.2. The second kappa shape index (κ2) is 4.96. The number of carbonyl (C=O) groups is 1. The van der Waals surface area contributed by atoms with Crippen LogP contribution in [0.4, 0.5) is 0 Å². The van der Waals surface area contributed by atoms with Gasteiger partial charge in [0.25, 0.3) is 0 Å². The first-order chi connectivity index (χ1) is 7.03. The number of esters is 1. The molecule has 82 valence electrons. The molecular formula is C13H18O2. The van der Waals surface area contributed by atoms with Gasteiger partial charge in [0.2, 0.25) is 0 Å². The minimum atomic E-state index is -0.143. The summed E-state index contributed by atoms with van der Waals surface area (Å²) in [5.41, 5.74) is 1.21. The van der Waals surface area contributed by atoms with Crippen molar-refractivity contribution in [3.63, 3.8) is 0 Å². The molecule has 0 heterocycles. The molecule has 0 amide bonds. The van der Waals surface area contributed by atoms with Crippen LogP contribution in [-0.2, 0) is 16.0 Å². The van der Waals surface area contributed by atoms with E-state index in [0.717, 1.165) is 6.42 Å². The summed E-state index contributed by atoms with van der Waals surface area (Å²) in [7, 11) is 1.43. The van der Waals surface area contributed by atoms with Crippen molar-refractivity contribution < 1.29 is 9.53 Å². The summed E-state index contributed by atoms with van der Waals surface area (Å²) in [4.78, 5) is 11.2. The standard InChI is InChI=1S/C13H18O2/c1-13(2,10-12(14)15-3)9-11-7-5-4-6-8-11/h4-8H,9-10H2,1-3H3. The molecule has 0 saturated carbocycles. The zero-order chi connectivity index (χ0) is 11.3. The number of carbonyl (C=O) groups excluding carboxylic acids is 1. The molecule has 0 aliphatic carbocycles. The molecule has 0 saturated heterocycles. The maximum Gasteiger partial charge on any atom is 0.306 e. The van der Waals surface area contributed by atoms with Crippen LogP contribution in [0.5, 0.6) is 0 Å². The lowest BCUT2D eigenvalue weighted by atomic mass is 9.83. The van der Waals surface area contributed by atoms with Crippen LogP contribution in [0.3, 0.4) is 0 Å². The Morgan fingerprint density at radius 3 is 2.40 bits per heavy atom. The van der Waals surface area contributed by atoms with E-state index in [9.17, 15) is 4.79 Å². The van der Waals surface area contributed by atoms with Crippen molar-refractivity contribution in [1.29, 1.82) is 0 Å². The van der Waals surface area contributed by atoms with Gasteiger partial charge >= 0.3 is 5.97 Å². The maximum absolute atomic E-state index is 11.2. The van der Waals surface area contributed by atoms with Gasteiger partial charge in [0.05, 0.1) is 13.5 Å². The molecule has 0 radical (unpaired) electrons. The molecule has 0 aliphatic heterocycles. The second-order valence-corrected chi connectivity index (χ2v) is 4.58. The molecule has 0 aromatic heterocycles. The zero-order valence-corrected chi connectivity index (χ0v) is 9.62. The Hall–Kier alpha value is -1.31. The smallest absolute Gasteiger partial charge is 0.306 e. The minimum absolute atomic E-state index is 0.0472. The predicted molar refractivity (Wildman–Crippen MR) is 60.6 cm³/mol. The van der Waals surface area contributed by atoms with Gasteiger partial charge in [-0.25, -0.2) is 0 Å². The average Bonchev–Trinajstić information content (AvgIpc) is 2.17. The number of rotatable bonds is 4. The van der Waals surface area contributed by atoms with Crippen molar-refractivity contribution in [2.45, 2.75) is 26.7 Å². The van der Waals surface area contributed by atoms with Crippen LogP contribution in [0.1, 0.15) is 25.8 Å². The molecule has 1 aromatic carbocycles. The van der Waals surface area contributed by atoms with Crippen LogP contribution in [0, 0.1) is 5.41 Å². The van der Waals surface area contributed by atoms with Crippen LogP contribution in [-0.4, -0.2) is 13.1 Å². The highest BCUT2D eigenvalue weighted by Gasteiger charge is 2.22. The molecule has 0 bridgehead atoms. The van der Waals surface area contributed by atoms with Crippen LogP contribution in [0.15, 0.2) is 30.3 Å². The molecule has 0 unspecified atom stereocenters. The van der Waals surface area contributed by atoms with Gasteiger partial charge in [-0.05, 0) is 17.4 Å². The average molecular weight is 206 g/mol. The van der Waals surface area contributed by atoms with Gasteiger partial charge in [0.15, 0.2) is 0 Å². The number of methoxy groups -OCH3 is 1. The number of hydrogen-bond acceptors (Lipinski definition) is 2. The molecular weight excluding hydrogens is 188 g/mol. The first-order valence-corrected chi connectivity index (χ1v) is 5.14. The molecule has 1 aromatic rings. The highest BCUT2D eigenvalue weighted by Crippen LogP contribution is 2.26. The van der Waals surface area contributed by atoms with E-state index in [0.29, 0.717) is 6.42 Å². The van der Waals surface area contributed by atoms with Gasteiger partial charge in [-0.3, -0.25) is 4.79 Å². The Balaban J connectivity index is 2.60. The number of ether oxygens (including phenoxy) is 1. The molecule has 0 spiro atoms. The fraction of sp³-hybridized carbons (Fsp3) is 0.462. The highest BCUT2D eigenvalue weighted by molar-refractivity contribution is 5.70. The normalized spacial score (nSPS) is 11.1. The lowest BCUT2D eigenvalue weighted by Gasteiger charge is -2.23. The number of hydrogen-bond donors (Lipinski definition) is 0. The first kappa shape index (κ1) is 11.8. The van der Waals surface area contributed by atoms with Crippen LogP contribution >= 0.6 is 0 Å². The summed E-state index contributed by atoms with van der Waals surface area (Å²) >= 11 is 0. The van der Waals surface area contributed by atoms with E-state index in [4.69, 9.17) is 0 Å². The van der Waals surface area contributed by atoms with Crippen LogP contribution in [0.25, 0.3) is 0 Å². The second-order valence-electron chi connectivity index (χ2n) is 4.58. The van der Waals surface area contributed by atoms with Crippen molar-refractivity contribution in [2.75, 3.05) is 7.11 Å². The van der Waals surface area contributed by atoms with Crippen LogP contribution < -0.4 is 0 Å². The molecule has 0 fully saturated rings. The molecule has 15 heavy (non-hydrogen) atoms. The SMILES string of the molecule is COC(=O)CC(C)(C)Cc1ccccc1. The Bertz CT molecular complexity index is 315. The maximum atomic E-state index is 11.2. The molecule has 2 heteroatoms. The van der Waals surface area contributed by atoms with E-state index >= 15 is 0 Å². The van der Waals surface area contributed by atoms with E-state index in [1.54, 1.807) is 0 Å². The van der Waals surface area contributed by atoms with Gasteiger partial charge in [0, 0.05) is 0 Å². The van der Waals surface area contributed by atoms with Crippen molar-refractivity contribution in [2.24, 2.45) is 5.41 Å². The molecule has 0 atom stereocenters. The quantitative estimate of drug-likeness (QED) is 0.708. The van der Waals surface area contributed by atoms with Crippen molar-refractivity contribution >= 4 is 5.97 Å². The van der Waals surface area contributed by atoms with E-state index in [-0.39, 0.29) is 11.4 Å². The van der Waals surface area contributed by atoms with Gasteiger partial charge in [-0.15, -0.1) is 0 Å². The predicted octanol–water partition coefficient (Wildman–Crippen LogP) is 2.82. The molecule has 0 aliphatic rings. The van der Waals surface area contributed by atoms with Crippen LogP contribution in [0.2, 0.25) is 0 Å². The Morgan fingerprint density at radius 1 is 1.27 bits per heavy atom. The van der Waals surface area contributed by atoms with Gasteiger partial charge in [-0.1, -0.05) is 44.2 Å². The summed E-state index contributed by atoms with van der Waals surface area (Å²) in [6.07, 6.45) is 1.35. The minimum Gasteiger partial charge on any atom is -0.469 e. The van der Waals surface area contributed by atoms with E-state index in [1.807, 2.05) is 18.2 Å². The first-order valence-electron chi connectivity index (χ1n) is 5.14. The molecule has 0 N–H and O–H groups in total. The summed E-state index contributed by atoms with van der Waals surface area (Å²) < 4.78 is 4.68. The van der Waals surface area contributed by atoms with E-state index in [1.165, 1.54) is 12.7 Å². The van der Waals surface area contributed by atoms with Gasteiger partial charge < -0.3 is 4.74 Å². The molecule has 2 nitrogen and oxygen atoms in total. The lowest BCUT2D eigenvalue weighted by Crippen LogP contribution is -2.20. The number of benzene rings is 1. The topological polar surface area (TPSA) is 26.3 Å². The van der Waals surface area contributed by atoms with E-state index < -0.39 is 0 Å². The third kappa shape index (κ3) is 4.15. The highest BCUT2D eigenvalue weighted by atomic mass is 16.5. The fourth-order valence-corrected chi connectivity index (χ4v) is 1.67. The largest absolute Gasteiger partial charge is 0.469 e. The Morgan fingerprint density at radius 2 is 1.87 bits per heavy atom. The monoisotopic (exact) mass is 206 g/mol. The third-order valence-corrected chi connectivity index (χ3v) is 2.38. The zero-order valence-electron chi connectivity index (χ0n) is 9.62. The fourth-order valence-electron chi connectivity index (χ4n) is 1.67. The Labute approximate surface area is 91.3 Å². The van der Waals surface area contributed by atoms with Crippen molar-refractivity contribution in [3.8, 4) is 0 Å². The summed E-state index contributed by atoms with van der Waals surface area (Å²) in [5, 5.41) is 0.